The molecule has 0 saturated carbocycles. The molecule has 4 rings (SSSR count). The van der Waals surface area contributed by atoms with E-state index in [0.29, 0.717) is 43.5 Å². The fraction of sp³-hybridized carbons (Fsp3) is 0.174. The number of nitriles is 1. The largest absolute Gasteiger partial charge is 0.420 e. The molecule has 0 radical (unpaired) electrons. The average molecular weight is 402 g/mol. The van der Waals surface area contributed by atoms with E-state index in [1.807, 2.05) is 23.1 Å². The number of hydrogen-bond donors (Lipinski definition) is 0. The molecule has 1 aliphatic heterocycles. The lowest BCUT2D eigenvalue weighted by atomic mass is 10.2. The standard InChI is InChI=1S/C23H19FN4O2/c24-19-9-6-17(7-10-19)8-11-21-26-20(16-25)23(30-21)28-14-12-27(13-15-28)22(29)18-4-2-1-3-5-18/h1-11H,12-15H2. The summed E-state index contributed by atoms with van der Waals surface area (Å²) in [5, 5.41) is 9.44. The van der Waals surface area contributed by atoms with Crippen molar-refractivity contribution in [3.05, 3.63) is 83.1 Å². The second kappa shape index (κ2) is 8.62. The van der Waals surface area contributed by atoms with Gasteiger partial charge in [0.1, 0.15) is 11.9 Å². The number of carbonyl (C=O) groups is 1. The quantitative estimate of drug-likeness (QED) is 0.663. The molecule has 0 aliphatic carbocycles. The summed E-state index contributed by atoms with van der Waals surface area (Å²) in [5.74, 6) is 0.398. The second-order valence-corrected chi connectivity index (χ2v) is 6.85. The van der Waals surface area contributed by atoms with Crippen molar-refractivity contribution in [3.63, 3.8) is 0 Å². The molecule has 1 amide bonds. The number of halogens is 1. The van der Waals surface area contributed by atoms with Crippen molar-refractivity contribution >= 4 is 23.9 Å². The highest BCUT2D eigenvalue weighted by atomic mass is 19.1. The van der Waals surface area contributed by atoms with E-state index in [9.17, 15) is 14.4 Å². The first-order chi connectivity index (χ1) is 14.6. The van der Waals surface area contributed by atoms with Gasteiger partial charge >= 0.3 is 0 Å². The fourth-order valence-electron chi connectivity index (χ4n) is 3.30. The number of anilines is 1. The molecule has 0 bridgehead atoms. The van der Waals surface area contributed by atoms with Crippen LogP contribution in [0.25, 0.3) is 12.2 Å². The van der Waals surface area contributed by atoms with Crippen LogP contribution in [0.1, 0.15) is 27.5 Å². The maximum Gasteiger partial charge on any atom is 0.253 e. The van der Waals surface area contributed by atoms with Crippen LogP contribution in [-0.2, 0) is 0 Å². The molecule has 3 aromatic rings. The Morgan fingerprint density at radius 1 is 1.03 bits per heavy atom. The van der Waals surface area contributed by atoms with Gasteiger partial charge in [0.2, 0.25) is 17.5 Å². The van der Waals surface area contributed by atoms with Gasteiger partial charge in [0.25, 0.3) is 5.91 Å². The van der Waals surface area contributed by atoms with Crippen LogP contribution in [0.4, 0.5) is 10.3 Å². The van der Waals surface area contributed by atoms with Crippen LogP contribution in [-0.4, -0.2) is 42.0 Å². The highest BCUT2D eigenvalue weighted by Gasteiger charge is 2.26. The molecule has 0 N–H and O–H groups in total. The zero-order valence-electron chi connectivity index (χ0n) is 16.2. The van der Waals surface area contributed by atoms with E-state index in [4.69, 9.17) is 4.42 Å². The Morgan fingerprint density at radius 2 is 1.73 bits per heavy atom. The highest BCUT2D eigenvalue weighted by Crippen LogP contribution is 2.24. The van der Waals surface area contributed by atoms with Gasteiger partial charge in [0.15, 0.2) is 0 Å². The van der Waals surface area contributed by atoms with Crippen molar-refractivity contribution in [2.75, 3.05) is 31.1 Å². The molecule has 6 nitrogen and oxygen atoms in total. The molecule has 2 heterocycles. The first-order valence-corrected chi connectivity index (χ1v) is 9.58. The minimum Gasteiger partial charge on any atom is -0.420 e. The highest BCUT2D eigenvalue weighted by molar-refractivity contribution is 5.94. The number of carbonyl (C=O) groups excluding carboxylic acids is 1. The molecular formula is C23H19FN4O2. The SMILES string of the molecule is N#Cc1nc(C=Cc2ccc(F)cc2)oc1N1CCN(C(=O)c2ccccc2)CC1. The number of amides is 1. The summed E-state index contributed by atoms with van der Waals surface area (Å²) >= 11 is 0. The number of oxazole rings is 1. The zero-order chi connectivity index (χ0) is 20.9. The Balaban J connectivity index is 1.44. The summed E-state index contributed by atoms with van der Waals surface area (Å²) in [6.07, 6.45) is 3.39. The molecule has 2 aromatic carbocycles. The first-order valence-electron chi connectivity index (χ1n) is 9.58. The van der Waals surface area contributed by atoms with Gasteiger partial charge in [-0.05, 0) is 35.9 Å². The summed E-state index contributed by atoms with van der Waals surface area (Å²) in [6.45, 7) is 2.15. The molecule has 150 valence electrons. The van der Waals surface area contributed by atoms with E-state index in [2.05, 4.69) is 11.1 Å². The van der Waals surface area contributed by atoms with Gasteiger partial charge in [-0.15, -0.1) is 0 Å². The minimum absolute atomic E-state index is 0.00348. The van der Waals surface area contributed by atoms with Gasteiger partial charge < -0.3 is 14.2 Å². The van der Waals surface area contributed by atoms with Crippen LogP contribution in [0.5, 0.6) is 0 Å². The third kappa shape index (κ3) is 4.23. The van der Waals surface area contributed by atoms with E-state index >= 15 is 0 Å². The second-order valence-electron chi connectivity index (χ2n) is 6.85. The molecular weight excluding hydrogens is 383 g/mol. The number of rotatable bonds is 4. The van der Waals surface area contributed by atoms with Crippen molar-refractivity contribution in [2.24, 2.45) is 0 Å². The fourth-order valence-corrected chi connectivity index (χ4v) is 3.30. The van der Waals surface area contributed by atoms with Crippen LogP contribution < -0.4 is 4.90 Å². The monoisotopic (exact) mass is 402 g/mol. The average Bonchev–Trinajstić information content (AvgIpc) is 3.22. The van der Waals surface area contributed by atoms with Gasteiger partial charge in [-0.1, -0.05) is 30.3 Å². The van der Waals surface area contributed by atoms with Crippen molar-refractivity contribution in [3.8, 4) is 6.07 Å². The number of hydrogen-bond acceptors (Lipinski definition) is 5. The number of nitrogens with zero attached hydrogens (tertiary/aromatic N) is 4. The van der Waals surface area contributed by atoms with Gasteiger partial charge in [-0.25, -0.2) is 4.39 Å². The topological polar surface area (TPSA) is 73.4 Å². The molecule has 1 saturated heterocycles. The van der Waals surface area contributed by atoms with E-state index in [1.165, 1.54) is 12.1 Å². The third-order valence-corrected chi connectivity index (χ3v) is 4.89. The predicted octanol–water partition coefficient (Wildman–Crippen LogP) is 3.82. The lowest BCUT2D eigenvalue weighted by molar-refractivity contribution is 0.0745. The third-order valence-electron chi connectivity index (χ3n) is 4.89. The molecule has 0 unspecified atom stereocenters. The van der Waals surface area contributed by atoms with Crippen LogP contribution in [0.15, 0.2) is 59.0 Å². The minimum atomic E-state index is -0.304. The lowest BCUT2D eigenvalue weighted by Crippen LogP contribution is -2.48. The predicted molar refractivity (Wildman–Crippen MR) is 111 cm³/mol. The lowest BCUT2D eigenvalue weighted by Gasteiger charge is -2.34. The molecule has 7 heteroatoms. The summed E-state index contributed by atoms with van der Waals surface area (Å²) in [5.41, 5.74) is 1.66. The van der Waals surface area contributed by atoms with Crippen molar-refractivity contribution < 1.29 is 13.6 Å². The molecule has 0 spiro atoms. The Kier molecular flexibility index (Phi) is 5.57. The van der Waals surface area contributed by atoms with E-state index in [-0.39, 0.29) is 17.4 Å². The summed E-state index contributed by atoms with van der Waals surface area (Å²) < 4.78 is 18.8. The summed E-state index contributed by atoms with van der Waals surface area (Å²) in [6, 6.07) is 17.3. The summed E-state index contributed by atoms with van der Waals surface area (Å²) in [7, 11) is 0. The van der Waals surface area contributed by atoms with Gasteiger partial charge in [-0.2, -0.15) is 10.2 Å². The van der Waals surface area contributed by atoms with Crippen LogP contribution in [0.3, 0.4) is 0 Å². The maximum atomic E-state index is 13.0. The Bertz CT molecular complexity index is 1090. The van der Waals surface area contributed by atoms with E-state index in [1.54, 1.807) is 41.3 Å². The van der Waals surface area contributed by atoms with Crippen LogP contribution in [0, 0.1) is 17.1 Å². The normalized spacial score (nSPS) is 14.1. The molecule has 1 aliphatic rings. The van der Waals surface area contributed by atoms with Crippen LogP contribution in [0.2, 0.25) is 0 Å². The van der Waals surface area contributed by atoms with Gasteiger partial charge in [-0.3, -0.25) is 4.79 Å². The number of benzene rings is 2. The molecule has 30 heavy (non-hydrogen) atoms. The van der Waals surface area contributed by atoms with Gasteiger partial charge in [0, 0.05) is 37.8 Å². The van der Waals surface area contributed by atoms with Crippen LogP contribution >= 0.6 is 0 Å². The number of piperazine rings is 1. The Labute approximate surface area is 173 Å². The zero-order valence-corrected chi connectivity index (χ0v) is 16.2. The number of aromatic nitrogens is 1. The summed E-state index contributed by atoms with van der Waals surface area (Å²) in [4.78, 5) is 20.5. The molecule has 0 atom stereocenters. The smallest absolute Gasteiger partial charge is 0.253 e. The molecule has 1 aromatic heterocycles. The van der Waals surface area contributed by atoms with Crippen molar-refractivity contribution in [1.82, 2.24) is 9.88 Å². The Morgan fingerprint density at radius 3 is 2.40 bits per heavy atom. The maximum absolute atomic E-state index is 13.0. The molecule has 1 fully saturated rings. The van der Waals surface area contributed by atoms with Crippen molar-refractivity contribution in [1.29, 1.82) is 5.26 Å². The van der Waals surface area contributed by atoms with Gasteiger partial charge in [0.05, 0.1) is 0 Å². The van der Waals surface area contributed by atoms with Crippen molar-refractivity contribution in [2.45, 2.75) is 0 Å². The van der Waals surface area contributed by atoms with E-state index < -0.39 is 0 Å². The first kappa shape index (κ1) is 19.4. The van der Waals surface area contributed by atoms with E-state index in [0.717, 1.165) is 5.56 Å². The Hall–Kier alpha value is -3.92.